The van der Waals surface area contributed by atoms with E-state index in [9.17, 15) is 14.7 Å². The lowest BCUT2D eigenvalue weighted by Crippen LogP contribution is -2.34. The topological polar surface area (TPSA) is 114 Å². The van der Waals surface area contributed by atoms with Crippen LogP contribution in [0.2, 0.25) is 5.02 Å². The van der Waals surface area contributed by atoms with Crippen molar-refractivity contribution in [2.24, 2.45) is 7.05 Å². The number of aromatic hydroxyl groups is 1. The van der Waals surface area contributed by atoms with E-state index in [1.807, 2.05) is 31.2 Å². The number of ketones is 1. The van der Waals surface area contributed by atoms with Gasteiger partial charge in [0.25, 0.3) is 5.56 Å². The monoisotopic (exact) mass is 479 g/mol. The summed E-state index contributed by atoms with van der Waals surface area (Å²) in [7, 11) is 3.21. The number of benzene rings is 1. The van der Waals surface area contributed by atoms with Crippen LogP contribution in [0.4, 0.5) is 5.95 Å². The Labute approximate surface area is 200 Å². The number of anilines is 1. The molecule has 4 aromatic rings. The number of rotatable bonds is 7. The second-order valence-corrected chi connectivity index (χ2v) is 8.25. The molecule has 0 saturated heterocycles. The molecule has 1 atom stereocenters. The molecule has 1 unspecified atom stereocenters. The molecule has 0 saturated carbocycles. The third-order valence-electron chi connectivity index (χ3n) is 5.57. The Morgan fingerprint density at radius 3 is 2.71 bits per heavy atom. The van der Waals surface area contributed by atoms with E-state index in [-0.39, 0.29) is 18.1 Å². The van der Waals surface area contributed by atoms with Gasteiger partial charge in [0.2, 0.25) is 11.7 Å². The van der Waals surface area contributed by atoms with Gasteiger partial charge in [-0.3, -0.25) is 19.1 Å². The maximum absolute atomic E-state index is 12.9. The predicted molar refractivity (Wildman–Crippen MR) is 126 cm³/mol. The van der Waals surface area contributed by atoms with Crippen molar-refractivity contribution in [3.63, 3.8) is 0 Å². The van der Waals surface area contributed by atoms with Crippen molar-refractivity contribution in [2.75, 3.05) is 11.9 Å². The lowest BCUT2D eigenvalue weighted by Gasteiger charge is -2.32. The summed E-state index contributed by atoms with van der Waals surface area (Å²) >= 11 is 6.61. The minimum atomic E-state index is -0.749. The Balaban J connectivity index is 1.86. The van der Waals surface area contributed by atoms with Gasteiger partial charge in [0.15, 0.2) is 11.5 Å². The summed E-state index contributed by atoms with van der Waals surface area (Å²) in [5.74, 6) is -1.10. The van der Waals surface area contributed by atoms with Crippen molar-refractivity contribution in [3.05, 3.63) is 98.5 Å². The van der Waals surface area contributed by atoms with Gasteiger partial charge in [-0.05, 0) is 30.7 Å². The molecule has 174 valence electrons. The van der Waals surface area contributed by atoms with E-state index in [1.54, 1.807) is 30.3 Å². The highest BCUT2D eigenvalue weighted by molar-refractivity contribution is 6.31. The van der Waals surface area contributed by atoms with E-state index < -0.39 is 23.1 Å². The van der Waals surface area contributed by atoms with Crippen LogP contribution >= 0.6 is 11.6 Å². The van der Waals surface area contributed by atoms with E-state index in [0.717, 1.165) is 11.1 Å². The van der Waals surface area contributed by atoms with E-state index in [1.165, 1.54) is 24.1 Å². The molecule has 4 rings (SSSR count). The smallest absolute Gasteiger partial charge is 0.297 e. The number of carbonyl (C=O) groups is 1. The van der Waals surface area contributed by atoms with Crippen molar-refractivity contribution in [3.8, 4) is 5.75 Å². The van der Waals surface area contributed by atoms with Crippen LogP contribution in [0.5, 0.6) is 5.75 Å². The fraction of sp³-hybridized carbons (Fsp3) is 0.208. The molecule has 0 amide bonds. The van der Waals surface area contributed by atoms with Gasteiger partial charge >= 0.3 is 0 Å². The first-order chi connectivity index (χ1) is 16.3. The number of nitrogens with zero attached hydrogens (tertiary/aromatic N) is 5. The first kappa shape index (κ1) is 23.2. The molecule has 3 heterocycles. The molecule has 1 N–H and O–H groups in total. The Hall–Kier alpha value is -3.98. The first-order valence-electron chi connectivity index (χ1n) is 10.4. The van der Waals surface area contributed by atoms with Crippen molar-refractivity contribution in [2.45, 2.75) is 19.4 Å². The Bertz CT molecular complexity index is 1370. The van der Waals surface area contributed by atoms with Gasteiger partial charge in [-0.25, -0.2) is 4.98 Å². The Morgan fingerprint density at radius 2 is 2.06 bits per heavy atom. The fourth-order valence-corrected chi connectivity index (χ4v) is 4.18. The maximum Gasteiger partial charge on any atom is 0.297 e. The highest BCUT2D eigenvalue weighted by Crippen LogP contribution is 2.36. The highest BCUT2D eigenvalue weighted by Gasteiger charge is 2.29. The molecule has 1 aromatic carbocycles. The lowest BCUT2D eigenvalue weighted by molar-refractivity contribution is 0.0984. The SMILES string of the molecule is Cc1cccc(Cl)c1C(c1ccccn1)N(C)c1nc(C(=O)Cc2cnoc2)c(O)c(=O)n1C. The van der Waals surface area contributed by atoms with E-state index in [0.29, 0.717) is 16.3 Å². The Morgan fingerprint density at radius 1 is 1.26 bits per heavy atom. The van der Waals surface area contributed by atoms with Crippen LogP contribution in [-0.2, 0) is 13.5 Å². The number of aryl methyl sites for hydroxylation is 1. The normalized spacial score (nSPS) is 11.9. The second-order valence-electron chi connectivity index (χ2n) is 7.84. The summed E-state index contributed by atoms with van der Waals surface area (Å²) in [5.41, 5.74) is 1.79. The number of hydrogen-bond donors (Lipinski definition) is 1. The zero-order valence-corrected chi connectivity index (χ0v) is 19.5. The summed E-state index contributed by atoms with van der Waals surface area (Å²) in [6.07, 6.45) is 4.24. The molecule has 0 aliphatic rings. The minimum Gasteiger partial charge on any atom is -0.501 e. The largest absolute Gasteiger partial charge is 0.501 e. The quantitative estimate of drug-likeness (QED) is 0.401. The number of halogens is 1. The molecule has 3 aromatic heterocycles. The standard InChI is InChI=1S/C24H22ClN5O4/c1-14-7-6-8-16(25)19(14)21(17-9-4-5-10-26-17)29(2)24-28-20(22(32)23(33)30(24)3)18(31)11-15-12-27-34-13-15/h4-10,12-13,21,32H,11H2,1-3H3. The summed E-state index contributed by atoms with van der Waals surface area (Å²) < 4.78 is 5.95. The summed E-state index contributed by atoms with van der Waals surface area (Å²) in [5, 5.41) is 14.5. The van der Waals surface area contributed by atoms with Crippen LogP contribution in [0.3, 0.4) is 0 Å². The van der Waals surface area contributed by atoms with E-state index in [4.69, 9.17) is 16.1 Å². The molecule has 0 radical (unpaired) electrons. The summed E-state index contributed by atoms with van der Waals surface area (Å²) in [4.78, 5) is 36.4. The minimum absolute atomic E-state index is 0.131. The summed E-state index contributed by atoms with van der Waals surface area (Å²) in [6, 6.07) is 10.5. The first-order valence-corrected chi connectivity index (χ1v) is 10.8. The molecule has 9 nitrogen and oxygen atoms in total. The van der Waals surface area contributed by atoms with Crippen molar-refractivity contribution in [1.29, 1.82) is 0 Å². The van der Waals surface area contributed by atoms with Gasteiger partial charge in [-0.15, -0.1) is 0 Å². The summed E-state index contributed by atoms with van der Waals surface area (Å²) in [6.45, 7) is 1.93. The lowest BCUT2D eigenvalue weighted by atomic mass is 9.97. The maximum atomic E-state index is 12.9. The molecule has 0 aliphatic carbocycles. The molecular weight excluding hydrogens is 458 g/mol. The zero-order chi connectivity index (χ0) is 24.4. The van der Waals surface area contributed by atoms with Gasteiger partial charge in [-0.1, -0.05) is 35.0 Å². The number of pyridine rings is 1. The van der Waals surface area contributed by atoms with Gasteiger partial charge in [0.05, 0.1) is 11.9 Å². The van der Waals surface area contributed by atoms with Crippen LogP contribution in [0, 0.1) is 6.92 Å². The number of hydrogen-bond acceptors (Lipinski definition) is 8. The van der Waals surface area contributed by atoms with Crippen molar-refractivity contribution in [1.82, 2.24) is 19.7 Å². The molecule has 34 heavy (non-hydrogen) atoms. The van der Waals surface area contributed by atoms with Gasteiger partial charge in [-0.2, -0.15) is 0 Å². The molecule has 0 aliphatic heterocycles. The van der Waals surface area contributed by atoms with E-state index in [2.05, 4.69) is 15.1 Å². The predicted octanol–water partition coefficient (Wildman–Crippen LogP) is 3.48. The number of Topliss-reactive ketones (excluding diaryl/α,β-unsaturated/α-hetero) is 1. The number of carbonyl (C=O) groups excluding carboxylic acids is 1. The van der Waals surface area contributed by atoms with Crippen LogP contribution in [0.15, 0.2) is 64.4 Å². The van der Waals surface area contributed by atoms with E-state index >= 15 is 0 Å². The van der Waals surface area contributed by atoms with Crippen LogP contribution < -0.4 is 10.5 Å². The van der Waals surface area contributed by atoms with Crippen molar-refractivity contribution < 1.29 is 14.4 Å². The molecule has 10 heteroatoms. The number of aromatic nitrogens is 4. The van der Waals surface area contributed by atoms with Crippen LogP contribution in [0.25, 0.3) is 0 Å². The third-order valence-corrected chi connectivity index (χ3v) is 5.90. The fourth-order valence-electron chi connectivity index (χ4n) is 3.86. The van der Waals surface area contributed by atoms with Crippen LogP contribution in [-0.4, -0.2) is 37.6 Å². The zero-order valence-electron chi connectivity index (χ0n) is 18.8. The van der Waals surface area contributed by atoms with Crippen LogP contribution in [0.1, 0.15) is 38.9 Å². The second kappa shape index (κ2) is 9.48. The van der Waals surface area contributed by atoms with Crippen molar-refractivity contribution >= 4 is 23.3 Å². The van der Waals surface area contributed by atoms with Gasteiger partial charge in [0.1, 0.15) is 12.3 Å². The highest BCUT2D eigenvalue weighted by atomic mass is 35.5. The molecule has 0 bridgehead atoms. The molecule has 0 spiro atoms. The Kier molecular flexibility index (Phi) is 6.47. The molecule has 0 fully saturated rings. The van der Waals surface area contributed by atoms with Gasteiger partial charge < -0.3 is 14.5 Å². The van der Waals surface area contributed by atoms with Gasteiger partial charge in [0, 0.05) is 42.9 Å². The average Bonchev–Trinajstić information content (AvgIpc) is 3.33. The molecular formula is C24H22ClN5O4. The average molecular weight is 480 g/mol. The third kappa shape index (κ3) is 4.29.